The highest BCUT2D eigenvalue weighted by atomic mass is 19.4. The summed E-state index contributed by atoms with van der Waals surface area (Å²) >= 11 is 0. The molecule has 1 amide bonds. The second-order valence-electron chi connectivity index (χ2n) is 7.96. The van der Waals surface area contributed by atoms with Gasteiger partial charge in [0.2, 0.25) is 0 Å². The van der Waals surface area contributed by atoms with Gasteiger partial charge >= 0.3 is 12.1 Å². The second kappa shape index (κ2) is 11.1. The van der Waals surface area contributed by atoms with Crippen molar-refractivity contribution in [3.63, 3.8) is 0 Å². The van der Waals surface area contributed by atoms with Gasteiger partial charge < -0.3 is 20.8 Å². The van der Waals surface area contributed by atoms with Gasteiger partial charge in [0.05, 0.1) is 18.8 Å². The lowest BCUT2D eigenvalue weighted by atomic mass is 9.96. The van der Waals surface area contributed by atoms with Crippen molar-refractivity contribution in [3.8, 4) is 11.3 Å². The van der Waals surface area contributed by atoms with Gasteiger partial charge in [0.25, 0.3) is 5.91 Å². The molecule has 4 N–H and O–H groups in total. The molecule has 1 unspecified atom stereocenters. The minimum Gasteiger partial charge on any atom is -0.475 e. The quantitative estimate of drug-likeness (QED) is 0.417. The molecule has 1 atom stereocenters. The number of benzene rings is 2. The van der Waals surface area contributed by atoms with Crippen LogP contribution in [0.25, 0.3) is 11.3 Å². The predicted octanol–water partition coefficient (Wildman–Crippen LogP) is 2.72. The van der Waals surface area contributed by atoms with Crippen molar-refractivity contribution in [2.45, 2.75) is 25.7 Å². The number of nitrogens with one attached hydrogen (secondary N) is 2. The zero-order valence-corrected chi connectivity index (χ0v) is 18.7. The average molecular weight is 491 g/mol. The fourth-order valence-corrected chi connectivity index (χ4v) is 3.19. The summed E-state index contributed by atoms with van der Waals surface area (Å²) in [5, 5.41) is 31.7. The van der Waals surface area contributed by atoms with Gasteiger partial charge in [-0.15, -0.1) is 5.10 Å². The van der Waals surface area contributed by atoms with Gasteiger partial charge in [-0.25, -0.2) is 9.48 Å². The van der Waals surface area contributed by atoms with Crippen LogP contribution in [0.5, 0.6) is 0 Å². The zero-order valence-electron chi connectivity index (χ0n) is 18.7. The molecule has 1 fully saturated rings. The molecule has 186 valence electrons. The van der Waals surface area contributed by atoms with Gasteiger partial charge in [-0.2, -0.15) is 13.2 Å². The number of amides is 1. The number of anilines is 1. The number of nitrogens with zero attached hydrogens (tertiary/aromatic N) is 3. The summed E-state index contributed by atoms with van der Waals surface area (Å²) < 4.78 is 33.4. The number of hydrogen-bond acceptors (Lipinski definition) is 6. The lowest BCUT2D eigenvalue weighted by Crippen LogP contribution is -2.49. The lowest BCUT2D eigenvalue weighted by molar-refractivity contribution is -0.192. The summed E-state index contributed by atoms with van der Waals surface area (Å²) in [6.07, 6.45) is -3.72. The van der Waals surface area contributed by atoms with E-state index in [9.17, 15) is 23.1 Å². The number of carboxylic acids is 1. The van der Waals surface area contributed by atoms with E-state index in [2.05, 4.69) is 20.9 Å². The number of hydrogen-bond donors (Lipinski definition) is 4. The molecule has 2 aromatic carbocycles. The predicted molar refractivity (Wildman–Crippen MR) is 121 cm³/mol. The number of alkyl halides is 3. The Bertz CT molecular complexity index is 1160. The van der Waals surface area contributed by atoms with E-state index in [-0.39, 0.29) is 11.8 Å². The number of aliphatic hydroxyl groups excluding tert-OH is 1. The highest BCUT2D eigenvalue weighted by Gasteiger charge is 2.38. The van der Waals surface area contributed by atoms with Crippen LogP contribution in [0.1, 0.15) is 15.9 Å². The van der Waals surface area contributed by atoms with Crippen LogP contribution in [0.2, 0.25) is 0 Å². The molecule has 1 aliphatic heterocycles. The number of aliphatic hydroxyl groups is 1. The van der Waals surface area contributed by atoms with Crippen molar-refractivity contribution in [1.82, 2.24) is 20.3 Å². The number of carbonyl (C=O) groups is 2. The fourth-order valence-electron chi connectivity index (χ4n) is 3.19. The van der Waals surface area contributed by atoms with Crippen molar-refractivity contribution < 1.29 is 33.0 Å². The van der Waals surface area contributed by atoms with Gasteiger partial charge in [-0.3, -0.25) is 4.79 Å². The monoisotopic (exact) mass is 491 g/mol. The Balaban J connectivity index is 0.000000429. The Morgan fingerprint density at radius 1 is 1.20 bits per heavy atom. The third kappa shape index (κ3) is 7.11. The van der Waals surface area contributed by atoms with Crippen LogP contribution < -0.4 is 10.6 Å². The summed E-state index contributed by atoms with van der Waals surface area (Å²) in [5.41, 5.74) is 3.72. The van der Waals surface area contributed by atoms with E-state index in [1.807, 2.05) is 55.5 Å². The van der Waals surface area contributed by atoms with Crippen molar-refractivity contribution in [2.24, 2.45) is 5.92 Å². The summed E-state index contributed by atoms with van der Waals surface area (Å²) in [6, 6.07) is 15.0. The minimum absolute atomic E-state index is 0.161. The minimum atomic E-state index is -5.08. The largest absolute Gasteiger partial charge is 0.490 e. The lowest BCUT2D eigenvalue weighted by Gasteiger charge is -2.31. The number of aliphatic carboxylic acids is 1. The molecule has 0 radical (unpaired) electrons. The van der Waals surface area contributed by atoms with Gasteiger partial charge in [0.15, 0.2) is 0 Å². The normalized spacial score (nSPS) is 14.3. The van der Waals surface area contributed by atoms with E-state index in [1.54, 1.807) is 10.9 Å². The molecule has 12 heteroatoms. The SMILES string of the molecule is Cc1ccc(-c2cn(CC(O)C3CNC3)nn2)cc1C(=O)Nc1ccccc1.O=C(O)C(F)(F)F. The van der Waals surface area contributed by atoms with Crippen molar-refractivity contribution >= 4 is 17.6 Å². The van der Waals surface area contributed by atoms with Crippen molar-refractivity contribution in [1.29, 1.82) is 0 Å². The first-order valence-electron chi connectivity index (χ1n) is 10.6. The molecule has 0 bridgehead atoms. The zero-order chi connectivity index (χ0) is 25.6. The van der Waals surface area contributed by atoms with Gasteiger partial charge in [-0.1, -0.05) is 35.5 Å². The van der Waals surface area contributed by atoms with Crippen molar-refractivity contribution in [2.75, 3.05) is 18.4 Å². The first kappa shape index (κ1) is 25.8. The van der Waals surface area contributed by atoms with Crippen LogP contribution in [0.15, 0.2) is 54.7 Å². The van der Waals surface area contributed by atoms with E-state index in [4.69, 9.17) is 9.90 Å². The number of aryl methyl sites for hydroxylation is 1. The highest BCUT2D eigenvalue weighted by molar-refractivity contribution is 6.05. The summed E-state index contributed by atoms with van der Waals surface area (Å²) in [4.78, 5) is 21.6. The molecule has 1 saturated heterocycles. The standard InChI is InChI=1S/C21H23N5O2.C2HF3O2/c1-14-7-8-15(9-18(14)21(28)23-17-5-3-2-4-6-17)19-12-26(25-24-19)13-20(27)16-10-22-11-16;3-2(4,5)1(6)7/h2-9,12,16,20,22,27H,10-11,13H2,1H3,(H,23,28);(H,6,7). The first-order chi connectivity index (χ1) is 16.5. The molecule has 35 heavy (non-hydrogen) atoms. The molecule has 9 nitrogen and oxygen atoms in total. The number of carboxylic acid groups (broad SMARTS) is 1. The Morgan fingerprint density at radius 2 is 1.86 bits per heavy atom. The molecular formula is C23H24F3N5O4. The van der Waals surface area contributed by atoms with E-state index in [1.165, 1.54) is 0 Å². The summed E-state index contributed by atoms with van der Waals surface area (Å²) in [5.74, 6) is -2.65. The Labute approximate surface area is 198 Å². The molecule has 0 spiro atoms. The van der Waals surface area contributed by atoms with Crippen LogP contribution in [0.3, 0.4) is 0 Å². The molecule has 3 aromatic rings. The number of para-hydroxylation sites is 1. The first-order valence-corrected chi connectivity index (χ1v) is 10.6. The maximum atomic E-state index is 12.7. The topological polar surface area (TPSA) is 129 Å². The Kier molecular flexibility index (Phi) is 8.20. The van der Waals surface area contributed by atoms with Crippen LogP contribution in [-0.4, -0.2) is 62.5 Å². The van der Waals surface area contributed by atoms with E-state index < -0.39 is 18.2 Å². The third-order valence-corrected chi connectivity index (χ3v) is 5.32. The smallest absolute Gasteiger partial charge is 0.475 e. The fraction of sp³-hybridized carbons (Fsp3) is 0.304. The van der Waals surface area contributed by atoms with E-state index >= 15 is 0 Å². The number of aromatic nitrogens is 3. The van der Waals surface area contributed by atoms with E-state index in [0.29, 0.717) is 17.8 Å². The average Bonchev–Trinajstić information content (AvgIpc) is 3.21. The second-order valence-corrected chi connectivity index (χ2v) is 7.96. The molecule has 1 aliphatic rings. The van der Waals surface area contributed by atoms with Crippen LogP contribution in [0.4, 0.5) is 18.9 Å². The van der Waals surface area contributed by atoms with Crippen LogP contribution >= 0.6 is 0 Å². The van der Waals surface area contributed by atoms with Crippen molar-refractivity contribution in [3.05, 3.63) is 65.9 Å². The molecule has 2 heterocycles. The third-order valence-electron chi connectivity index (χ3n) is 5.32. The van der Waals surface area contributed by atoms with Gasteiger partial charge in [0.1, 0.15) is 5.69 Å². The van der Waals surface area contributed by atoms with E-state index in [0.717, 1.165) is 29.9 Å². The molecular weight excluding hydrogens is 467 g/mol. The number of halogens is 3. The van der Waals surface area contributed by atoms with Crippen LogP contribution in [0, 0.1) is 12.8 Å². The summed E-state index contributed by atoms with van der Waals surface area (Å²) in [7, 11) is 0. The number of rotatable bonds is 6. The Hall–Kier alpha value is -3.77. The molecule has 4 rings (SSSR count). The summed E-state index contributed by atoms with van der Waals surface area (Å²) in [6.45, 7) is 3.98. The molecule has 0 saturated carbocycles. The number of carbonyl (C=O) groups excluding carboxylic acids is 1. The Morgan fingerprint density at radius 3 is 2.43 bits per heavy atom. The van der Waals surface area contributed by atoms with Crippen LogP contribution in [-0.2, 0) is 11.3 Å². The highest BCUT2D eigenvalue weighted by Crippen LogP contribution is 2.22. The van der Waals surface area contributed by atoms with Gasteiger partial charge in [0, 0.05) is 35.8 Å². The molecule has 0 aliphatic carbocycles. The molecule has 1 aromatic heterocycles. The van der Waals surface area contributed by atoms with Gasteiger partial charge in [-0.05, 0) is 30.7 Å². The maximum absolute atomic E-state index is 12.7. The maximum Gasteiger partial charge on any atom is 0.490 e.